The number of likely N-dealkylation sites (tertiary alicyclic amines) is 1. The third-order valence-electron chi connectivity index (χ3n) is 6.29. The highest BCUT2D eigenvalue weighted by Crippen LogP contribution is 2.41. The molecule has 4 rings (SSSR count). The van der Waals surface area contributed by atoms with Gasteiger partial charge in [-0.3, -0.25) is 9.59 Å². The van der Waals surface area contributed by atoms with Crippen molar-refractivity contribution in [3.63, 3.8) is 0 Å². The SMILES string of the molecule is CCN(CC)CCCN1C(=O)C(=O)/C(=C(/O)c2ccc3c(c2)OCCO3)[C@@H]1c1cccc(Br)c1. The van der Waals surface area contributed by atoms with Gasteiger partial charge in [-0.15, -0.1) is 0 Å². The third kappa shape index (κ3) is 4.83. The van der Waals surface area contributed by atoms with Gasteiger partial charge >= 0.3 is 0 Å². The molecule has 2 aromatic carbocycles. The van der Waals surface area contributed by atoms with E-state index in [-0.39, 0.29) is 11.3 Å². The number of ketones is 1. The minimum Gasteiger partial charge on any atom is -0.507 e. The Morgan fingerprint density at radius 1 is 1.09 bits per heavy atom. The number of amides is 1. The Morgan fingerprint density at radius 3 is 2.53 bits per heavy atom. The van der Waals surface area contributed by atoms with Crippen molar-refractivity contribution in [2.24, 2.45) is 0 Å². The second-order valence-corrected chi connectivity index (χ2v) is 9.20. The maximum Gasteiger partial charge on any atom is 0.295 e. The van der Waals surface area contributed by atoms with Crippen LogP contribution in [0.1, 0.15) is 37.4 Å². The average molecular weight is 529 g/mol. The molecular formula is C26H29BrN2O5. The van der Waals surface area contributed by atoms with Crippen LogP contribution in [0.4, 0.5) is 0 Å². The quantitative estimate of drug-likeness (QED) is 0.311. The number of rotatable bonds is 8. The summed E-state index contributed by atoms with van der Waals surface area (Å²) in [4.78, 5) is 30.2. The molecule has 1 saturated heterocycles. The largest absolute Gasteiger partial charge is 0.507 e. The van der Waals surface area contributed by atoms with Crippen LogP contribution in [0.15, 0.2) is 52.5 Å². The van der Waals surface area contributed by atoms with Gasteiger partial charge < -0.3 is 24.4 Å². The first-order valence-corrected chi connectivity index (χ1v) is 12.4. The molecule has 8 heteroatoms. The number of hydrogen-bond acceptors (Lipinski definition) is 6. The molecule has 1 amide bonds. The summed E-state index contributed by atoms with van der Waals surface area (Å²) < 4.78 is 12.0. The normalized spacial score (nSPS) is 19.2. The highest BCUT2D eigenvalue weighted by Gasteiger charge is 2.46. The minimum atomic E-state index is -0.680. The van der Waals surface area contributed by atoms with E-state index < -0.39 is 17.7 Å². The zero-order valence-corrected chi connectivity index (χ0v) is 21.0. The van der Waals surface area contributed by atoms with E-state index in [9.17, 15) is 14.7 Å². The van der Waals surface area contributed by atoms with E-state index in [4.69, 9.17) is 9.47 Å². The van der Waals surface area contributed by atoms with Gasteiger partial charge in [-0.25, -0.2) is 0 Å². The van der Waals surface area contributed by atoms with Crippen LogP contribution < -0.4 is 9.47 Å². The van der Waals surface area contributed by atoms with Gasteiger partial charge in [-0.05, 0) is 62.0 Å². The van der Waals surface area contributed by atoms with Gasteiger partial charge in [0.25, 0.3) is 11.7 Å². The van der Waals surface area contributed by atoms with Crippen molar-refractivity contribution in [2.75, 3.05) is 39.4 Å². The first-order valence-electron chi connectivity index (χ1n) is 11.6. The number of halogens is 1. The Hall–Kier alpha value is -2.84. The van der Waals surface area contributed by atoms with Crippen molar-refractivity contribution in [3.05, 3.63) is 63.6 Å². The Bertz CT molecular complexity index is 1110. The number of ether oxygens (including phenoxy) is 2. The molecule has 34 heavy (non-hydrogen) atoms. The standard InChI is InChI=1S/C26H29BrN2O5/c1-3-28(4-2)11-6-12-29-23(17-7-5-8-19(27)15-17)22(25(31)26(29)32)24(30)18-9-10-20-21(16-18)34-14-13-33-20/h5,7-10,15-16,23,30H,3-4,6,11-14H2,1-2H3/b24-22+/t23-/m0/s1. The fourth-order valence-electron chi connectivity index (χ4n) is 4.48. The summed E-state index contributed by atoms with van der Waals surface area (Å²) in [6, 6.07) is 11.8. The Labute approximate surface area is 208 Å². The molecule has 0 unspecified atom stereocenters. The number of fused-ring (bicyclic) bond motifs is 1. The fraction of sp³-hybridized carbons (Fsp3) is 0.385. The fourth-order valence-corrected chi connectivity index (χ4v) is 4.90. The molecule has 2 heterocycles. The molecule has 0 aromatic heterocycles. The Balaban J connectivity index is 1.73. The summed E-state index contributed by atoms with van der Waals surface area (Å²) in [5.41, 5.74) is 1.25. The van der Waals surface area contributed by atoms with Crippen molar-refractivity contribution in [1.82, 2.24) is 9.80 Å². The molecule has 1 fully saturated rings. The van der Waals surface area contributed by atoms with E-state index in [1.165, 1.54) is 0 Å². The number of carbonyl (C=O) groups excluding carboxylic acids is 2. The smallest absolute Gasteiger partial charge is 0.295 e. The summed E-state index contributed by atoms with van der Waals surface area (Å²) in [5, 5.41) is 11.3. The molecule has 7 nitrogen and oxygen atoms in total. The zero-order valence-electron chi connectivity index (χ0n) is 19.4. The maximum atomic E-state index is 13.2. The van der Waals surface area contributed by atoms with Crippen molar-refractivity contribution in [2.45, 2.75) is 26.3 Å². The molecule has 2 aliphatic heterocycles. The number of aliphatic hydroxyl groups is 1. The second-order valence-electron chi connectivity index (χ2n) is 8.29. The molecule has 0 saturated carbocycles. The van der Waals surface area contributed by atoms with E-state index in [1.54, 1.807) is 23.1 Å². The topological polar surface area (TPSA) is 79.3 Å². The van der Waals surface area contributed by atoms with E-state index in [2.05, 4.69) is 34.7 Å². The summed E-state index contributed by atoms with van der Waals surface area (Å²) in [6.45, 7) is 8.16. The summed E-state index contributed by atoms with van der Waals surface area (Å²) in [6.07, 6.45) is 0.725. The molecule has 2 aliphatic rings. The molecule has 180 valence electrons. The minimum absolute atomic E-state index is 0.0858. The molecule has 0 aliphatic carbocycles. The number of benzene rings is 2. The molecule has 1 atom stereocenters. The van der Waals surface area contributed by atoms with Gasteiger partial charge in [-0.2, -0.15) is 0 Å². The first kappa shape index (κ1) is 24.3. The summed E-state index contributed by atoms with van der Waals surface area (Å²) in [7, 11) is 0. The number of carbonyl (C=O) groups is 2. The number of aliphatic hydroxyl groups excluding tert-OH is 1. The highest BCUT2D eigenvalue weighted by atomic mass is 79.9. The van der Waals surface area contributed by atoms with Gasteiger partial charge in [0.2, 0.25) is 0 Å². The lowest BCUT2D eigenvalue weighted by molar-refractivity contribution is -0.140. The molecular weight excluding hydrogens is 500 g/mol. The van der Waals surface area contributed by atoms with Gasteiger partial charge in [0.05, 0.1) is 11.6 Å². The third-order valence-corrected chi connectivity index (χ3v) is 6.78. The molecule has 0 radical (unpaired) electrons. The molecule has 2 aromatic rings. The lowest BCUT2D eigenvalue weighted by atomic mass is 9.95. The van der Waals surface area contributed by atoms with Gasteiger partial charge in [0.15, 0.2) is 11.5 Å². The van der Waals surface area contributed by atoms with E-state index in [1.807, 2.05) is 24.3 Å². The monoisotopic (exact) mass is 528 g/mol. The Kier molecular flexibility index (Phi) is 7.58. The molecule has 1 N–H and O–H groups in total. The molecule has 0 spiro atoms. The number of Topliss-reactive ketones (excluding diaryl/α,β-unsaturated/α-hetero) is 1. The second kappa shape index (κ2) is 10.6. The molecule has 0 bridgehead atoms. The van der Waals surface area contributed by atoms with Gasteiger partial charge in [0.1, 0.15) is 19.0 Å². The maximum absolute atomic E-state index is 13.2. The number of nitrogens with zero attached hydrogens (tertiary/aromatic N) is 2. The van der Waals surface area contributed by atoms with Gasteiger partial charge in [0, 0.05) is 16.6 Å². The van der Waals surface area contributed by atoms with Crippen LogP contribution >= 0.6 is 15.9 Å². The summed E-state index contributed by atoms with van der Waals surface area (Å²) >= 11 is 3.49. The van der Waals surface area contributed by atoms with E-state index >= 15 is 0 Å². The van der Waals surface area contributed by atoms with Crippen molar-refractivity contribution >= 4 is 33.4 Å². The van der Waals surface area contributed by atoms with Crippen molar-refractivity contribution in [1.29, 1.82) is 0 Å². The van der Waals surface area contributed by atoms with E-state index in [0.717, 1.165) is 36.1 Å². The van der Waals surface area contributed by atoms with Crippen LogP contribution in [-0.4, -0.2) is 66.0 Å². The average Bonchev–Trinajstić information content (AvgIpc) is 3.11. The van der Waals surface area contributed by atoms with Crippen LogP contribution in [0, 0.1) is 0 Å². The lowest BCUT2D eigenvalue weighted by Gasteiger charge is -2.27. The van der Waals surface area contributed by atoms with Crippen LogP contribution in [0.2, 0.25) is 0 Å². The predicted molar refractivity (Wildman–Crippen MR) is 133 cm³/mol. The zero-order chi connectivity index (χ0) is 24.2. The van der Waals surface area contributed by atoms with Crippen LogP contribution in [0.5, 0.6) is 11.5 Å². The van der Waals surface area contributed by atoms with Gasteiger partial charge in [-0.1, -0.05) is 41.9 Å². The van der Waals surface area contributed by atoms with Crippen molar-refractivity contribution in [3.8, 4) is 11.5 Å². The van der Waals surface area contributed by atoms with Crippen molar-refractivity contribution < 1.29 is 24.2 Å². The number of hydrogen-bond donors (Lipinski definition) is 1. The Morgan fingerprint density at radius 2 is 1.82 bits per heavy atom. The van der Waals surface area contributed by atoms with Crippen LogP contribution in [-0.2, 0) is 9.59 Å². The first-order chi connectivity index (χ1) is 16.4. The highest BCUT2D eigenvalue weighted by molar-refractivity contribution is 9.10. The van der Waals surface area contributed by atoms with Crippen LogP contribution in [0.25, 0.3) is 5.76 Å². The summed E-state index contributed by atoms with van der Waals surface area (Å²) in [5.74, 6) is -0.402. The van der Waals surface area contributed by atoms with E-state index in [0.29, 0.717) is 36.8 Å². The predicted octanol–water partition coefficient (Wildman–Crippen LogP) is 4.37. The van der Waals surface area contributed by atoms with Crippen LogP contribution in [0.3, 0.4) is 0 Å². The lowest BCUT2D eigenvalue weighted by Crippen LogP contribution is -2.33.